The second-order valence-electron chi connectivity index (χ2n) is 5.31. The van der Waals surface area contributed by atoms with Crippen LogP contribution in [-0.2, 0) is 11.3 Å². The van der Waals surface area contributed by atoms with Gasteiger partial charge in [0.05, 0.1) is 12.2 Å². The van der Waals surface area contributed by atoms with Crippen molar-refractivity contribution in [3.05, 3.63) is 46.2 Å². The Kier molecular flexibility index (Phi) is 5.49. The summed E-state index contributed by atoms with van der Waals surface area (Å²) in [5, 5.41) is 10.5. The molecule has 23 heavy (non-hydrogen) atoms. The summed E-state index contributed by atoms with van der Waals surface area (Å²) in [5.41, 5.74) is 1.14. The molecule has 1 unspecified atom stereocenters. The molecule has 1 aromatic carbocycles. The molecule has 0 saturated heterocycles. The number of hydrogen-bond donors (Lipinski definition) is 1. The van der Waals surface area contributed by atoms with Gasteiger partial charge in [-0.05, 0) is 18.6 Å². The van der Waals surface area contributed by atoms with Crippen LogP contribution >= 0.6 is 15.9 Å². The quantitative estimate of drug-likeness (QED) is 0.855. The summed E-state index contributed by atoms with van der Waals surface area (Å²) in [7, 11) is 3.32. The molecule has 1 N–H and O–H groups in total. The number of nitrogens with zero attached hydrogens (tertiary/aromatic N) is 4. The number of nitrogens with one attached hydrogen (secondary N) is 1. The van der Waals surface area contributed by atoms with Crippen molar-refractivity contribution in [1.82, 2.24) is 25.2 Å². The molecule has 1 atom stereocenters. The smallest absolute Gasteiger partial charge is 0.273 e. The number of amides is 2. The molecule has 0 aliphatic carbocycles. The van der Waals surface area contributed by atoms with E-state index in [2.05, 4.69) is 31.6 Å². The van der Waals surface area contributed by atoms with Gasteiger partial charge in [0, 0.05) is 18.6 Å². The van der Waals surface area contributed by atoms with Crippen molar-refractivity contribution in [1.29, 1.82) is 0 Å². The third kappa shape index (κ3) is 4.38. The van der Waals surface area contributed by atoms with Crippen molar-refractivity contribution >= 4 is 27.7 Å². The van der Waals surface area contributed by atoms with Gasteiger partial charge < -0.3 is 10.2 Å². The fraction of sp³-hybridized carbons (Fsp3) is 0.333. The molecule has 0 bridgehead atoms. The minimum absolute atomic E-state index is 0.0487. The number of hydrogen-bond acceptors (Lipinski definition) is 4. The van der Waals surface area contributed by atoms with Crippen LogP contribution in [0.3, 0.4) is 0 Å². The standard InChI is InChI=1S/C15H18BrN5O2/c1-10(11-6-4-5-7-12(11)16)17-15(23)13-8-21(19-18-13)9-14(22)20(2)3/h4-8,10H,9H2,1-3H3,(H,17,23). The highest BCUT2D eigenvalue weighted by molar-refractivity contribution is 9.10. The first-order valence-electron chi connectivity index (χ1n) is 7.04. The molecule has 7 nitrogen and oxygen atoms in total. The van der Waals surface area contributed by atoms with E-state index in [1.165, 1.54) is 15.8 Å². The van der Waals surface area contributed by atoms with Gasteiger partial charge in [-0.2, -0.15) is 0 Å². The molecule has 0 aliphatic heterocycles. The van der Waals surface area contributed by atoms with Gasteiger partial charge in [-0.3, -0.25) is 9.59 Å². The second-order valence-corrected chi connectivity index (χ2v) is 6.16. The minimum atomic E-state index is -0.336. The molecule has 8 heteroatoms. The van der Waals surface area contributed by atoms with Crippen LogP contribution in [0, 0.1) is 0 Å². The lowest BCUT2D eigenvalue weighted by Gasteiger charge is -2.14. The second kappa shape index (κ2) is 7.36. The third-order valence-electron chi connectivity index (χ3n) is 3.29. The molecule has 0 fully saturated rings. The van der Waals surface area contributed by atoms with E-state index in [1.807, 2.05) is 31.2 Å². The highest BCUT2D eigenvalue weighted by Crippen LogP contribution is 2.22. The Hall–Kier alpha value is -2.22. The number of carbonyl (C=O) groups excluding carboxylic acids is 2. The summed E-state index contributed by atoms with van der Waals surface area (Å²) in [6.07, 6.45) is 1.46. The first kappa shape index (κ1) is 17.1. The molecule has 0 radical (unpaired) electrons. The van der Waals surface area contributed by atoms with E-state index in [0.29, 0.717) is 0 Å². The molecule has 2 amide bonds. The van der Waals surface area contributed by atoms with Crippen LogP contribution in [0.5, 0.6) is 0 Å². The molecular weight excluding hydrogens is 362 g/mol. The maximum Gasteiger partial charge on any atom is 0.273 e. The maximum atomic E-state index is 12.2. The number of benzene rings is 1. The van der Waals surface area contributed by atoms with Crippen molar-refractivity contribution < 1.29 is 9.59 Å². The van der Waals surface area contributed by atoms with Crippen molar-refractivity contribution in [2.24, 2.45) is 0 Å². The fourth-order valence-corrected chi connectivity index (χ4v) is 2.56. The van der Waals surface area contributed by atoms with Crippen LogP contribution in [0.15, 0.2) is 34.9 Å². The molecule has 1 aromatic heterocycles. The van der Waals surface area contributed by atoms with E-state index in [1.54, 1.807) is 14.1 Å². The van der Waals surface area contributed by atoms with E-state index in [0.717, 1.165) is 10.0 Å². The number of carbonyl (C=O) groups is 2. The first-order valence-corrected chi connectivity index (χ1v) is 7.83. The summed E-state index contributed by atoms with van der Waals surface area (Å²) in [6.45, 7) is 1.94. The Labute approximate surface area is 142 Å². The van der Waals surface area contributed by atoms with Crippen LogP contribution in [0.25, 0.3) is 0 Å². The predicted molar refractivity (Wildman–Crippen MR) is 88.7 cm³/mol. The molecule has 2 aromatic rings. The topological polar surface area (TPSA) is 80.1 Å². The van der Waals surface area contributed by atoms with Crippen molar-refractivity contribution in [2.45, 2.75) is 19.5 Å². The lowest BCUT2D eigenvalue weighted by Crippen LogP contribution is -2.27. The minimum Gasteiger partial charge on any atom is -0.347 e. The van der Waals surface area contributed by atoms with Gasteiger partial charge in [0.1, 0.15) is 6.54 Å². The molecule has 0 saturated carbocycles. The zero-order valence-electron chi connectivity index (χ0n) is 13.2. The van der Waals surface area contributed by atoms with Crippen molar-refractivity contribution in [2.75, 3.05) is 14.1 Å². The van der Waals surface area contributed by atoms with Crippen molar-refractivity contribution in [3.63, 3.8) is 0 Å². The largest absolute Gasteiger partial charge is 0.347 e. The van der Waals surface area contributed by atoms with E-state index < -0.39 is 0 Å². The van der Waals surface area contributed by atoms with Gasteiger partial charge in [0.15, 0.2) is 5.69 Å². The normalized spacial score (nSPS) is 11.8. The van der Waals surface area contributed by atoms with Crippen LogP contribution in [0.4, 0.5) is 0 Å². The molecular formula is C15H18BrN5O2. The summed E-state index contributed by atoms with van der Waals surface area (Å²) >= 11 is 3.46. The summed E-state index contributed by atoms with van der Waals surface area (Å²) in [6, 6.07) is 7.48. The zero-order valence-corrected chi connectivity index (χ0v) is 14.7. The molecule has 0 aliphatic rings. The van der Waals surface area contributed by atoms with Crippen molar-refractivity contribution in [3.8, 4) is 0 Å². The number of aromatic nitrogens is 3. The average Bonchev–Trinajstić information content (AvgIpc) is 2.96. The maximum absolute atomic E-state index is 12.2. The summed E-state index contributed by atoms with van der Waals surface area (Å²) < 4.78 is 2.27. The van der Waals surface area contributed by atoms with E-state index in [9.17, 15) is 9.59 Å². The van der Waals surface area contributed by atoms with Gasteiger partial charge in [-0.15, -0.1) is 5.10 Å². The number of rotatable bonds is 5. The van der Waals surface area contributed by atoms with Gasteiger partial charge in [0.2, 0.25) is 5.91 Å². The Morgan fingerprint density at radius 3 is 2.70 bits per heavy atom. The monoisotopic (exact) mass is 379 g/mol. The molecule has 122 valence electrons. The molecule has 0 spiro atoms. The van der Waals surface area contributed by atoms with Crippen LogP contribution in [-0.4, -0.2) is 45.8 Å². The number of halogens is 1. The Bertz CT molecular complexity index is 713. The fourth-order valence-electron chi connectivity index (χ4n) is 1.93. The van der Waals surface area contributed by atoms with Gasteiger partial charge in [-0.1, -0.05) is 39.3 Å². The number of likely N-dealkylation sites (N-methyl/N-ethyl adjacent to an activating group) is 1. The lowest BCUT2D eigenvalue weighted by molar-refractivity contribution is -0.129. The Balaban J connectivity index is 2.03. The Morgan fingerprint density at radius 1 is 1.35 bits per heavy atom. The van der Waals surface area contributed by atoms with Gasteiger partial charge in [-0.25, -0.2) is 4.68 Å². The van der Waals surface area contributed by atoms with Crippen LogP contribution in [0.1, 0.15) is 29.0 Å². The van der Waals surface area contributed by atoms with Crippen LogP contribution in [0.2, 0.25) is 0 Å². The summed E-state index contributed by atoms with van der Waals surface area (Å²) in [5.74, 6) is -0.458. The molecule has 1 heterocycles. The molecule has 2 rings (SSSR count). The van der Waals surface area contributed by atoms with Gasteiger partial charge >= 0.3 is 0 Å². The highest BCUT2D eigenvalue weighted by Gasteiger charge is 2.17. The van der Waals surface area contributed by atoms with Gasteiger partial charge in [0.25, 0.3) is 5.91 Å². The van der Waals surface area contributed by atoms with E-state index in [-0.39, 0.29) is 30.1 Å². The third-order valence-corrected chi connectivity index (χ3v) is 4.01. The predicted octanol–water partition coefficient (Wildman–Crippen LogP) is 1.62. The van der Waals surface area contributed by atoms with E-state index >= 15 is 0 Å². The lowest BCUT2D eigenvalue weighted by atomic mass is 10.1. The Morgan fingerprint density at radius 2 is 2.04 bits per heavy atom. The first-order chi connectivity index (χ1) is 10.9. The highest BCUT2D eigenvalue weighted by atomic mass is 79.9. The van der Waals surface area contributed by atoms with E-state index in [4.69, 9.17) is 0 Å². The zero-order chi connectivity index (χ0) is 17.0. The summed E-state index contributed by atoms with van der Waals surface area (Å²) in [4.78, 5) is 25.3. The SMILES string of the molecule is CC(NC(=O)c1cn(CC(=O)N(C)C)nn1)c1ccccc1Br. The van der Waals surface area contributed by atoms with Crippen LogP contribution < -0.4 is 5.32 Å². The average molecular weight is 380 g/mol.